The monoisotopic (exact) mass is 955 g/mol. The maximum Gasteiger partial charge on any atom is 0.0720 e. The number of allylic oxidation sites excluding steroid dienone is 2. The van der Waals surface area contributed by atoms with Crippen LogP contribution in [0.4, 0.5) is 11.4 Å². The van der Waals surface area contributed by atoms with E-state index >= 15 is 0 Å². The lowest BCUT2D eigenvalue weighted by Gasteiger charge is -2.50. The fourth-order valence-corrected chi connectivity index (χ4v) is 13.3. The first-order valence-electron chi connectivity index (χ1n) is 26.3. The summed E-state index contributed by atoms with van der Waals surface area (Å²) in [5.41, 5.74) is 23.9. The third kappa shape index (κ3) is 6.99. The molecular formula is C74H53N. The van der Waals surface area contributed by atoms with E-state index in [1.165, 1.54) is 100 Å². The van der Waals surface area contributed by atoms with Crippen LogP contribution in [0.15, 0.2) is 303 Å². The Kier molecular flexibility index (Phi) is 10.8. The molecule has 1 unspecified atom stereocenters. The van der Waals surface area contributed by atoms with Crippen LogP contribution in [0.1, 0.15) is 56.5 Å². The zero-order chi connectivity index (χ0) is 49.8. The van der Waals surface area contributed by atoms with E-state index in [-0.39, 0.29) is 6.04 Å². The predicted octanol–water partition coefficient (Wildman–Crippen LogP) is 18.3. The highest BCUT2D eigenvalue weighted by molar-refractivity contribution is 5.97. The minimum Gasteiger partial charge on any atom is -0.334 e. The second kappa shape index (κ2) is 18.3. The molecule has 3 aliphatic carbocycles. The molecule has 14 rings (SSSR count). The first-order valence-corrected chi connectivity index (χ1v) is 26.3. The van der Waals surface area contributed by atoms with E-state index in [1.807, 2.05) is 0 Å². The maximum atomic E-state index is 2.59. The Balaban J connectivity index is 0.964. The largest absolute Gasteiger partial charge is 0.334 e. The van der Waals surface area contributed by atoms with Crippen LogP contribution in [-0.2, 0) is 10.8 Å². The first-order chi connectivity index (χ1) is 37.2. The van der Waals surface area contributed by atoms with Gasteiger partial charge in [-0.2, -0.15) is 0 Å². The van der Waals surface area contributed by atoms with Gasteiger partial charge in [0.2, 0.25) is 0 Å². The minimum atomic E-state index is -0.576. The Morgan fingerprint density at radius 1 is 0.307 bits per heavy atom. The Morgan fingerprint density at radius 2 is 0.747 bits per heavy atom. The molecule has 1 spiro atoms. The molecule has 0 aliphatic heterocycles. The van der Waals surface area contributed by atoms with Crippen molar-refractivity contribution in [1.29, 1.82) is 0 Å². The Bertz CT molecular complexity index is 3800. The van der Waals surface area contributed by atoms with Crippen molar-refractivity contribution in [2.45, 2.75) is 23.3 Å². The van der Waals surface area contributed by atoms with Crippen molar-refractivity contribution in [3.05, 3.63) is 353 Å². The van der Waals surface area contributed by atoms with E-state index in [2.05, 4.69) is 308 Å². The highest BCUT2D eigenvalue weighted by Gasteiger charge is 2.57. The molecule has 1 nitrogen and oxygen atoms in total. The molecule has 0 radical (unpaired) electrons. The second-order valence-corrected chi connectivity index (χ2v) is 20.2. The fourth-order valence-electron chi connectivity index (χ4n) is 13.3. The molecule has 75 heavy (non-hydrogen) atoms. The second-order valence-electron chi connectivity index (χ2n) is 20.2. The van der Waals surface area contributed by atoms with Gasteiger partial charge in [0.05, 0.1) is 16.9 Å². The molecule has 11 aromatic carbocycles. The van der Waals surface area contributed by atoms with Gasteiger partial charge in [0.25, 0.3) is 0 Å². The third-order valence-corrected chi connectivity index (χ3v) is 16.4. The van der Waals surface area contributed by atoms with E-state index in [0.29, 0.717) is 0 Å². The van der Waals surface area contributed by atoms with Gasteiger partial charge in [-0.05, 0) is 137 Å². The van der Waals surface area contributed by atoms with E-state index in [9.17, 15) is 0 Å². The summed E-state index contributed by atoms with van der Waals surface area (Å²) in [6, 6.07) is 106. The smallest absolute Gasteiger partial charge is 0.0720 e. The van der Waals surface area contributed by atoms with E-state index in [4.69, 9.17) is 0 Å². The van der Waals surface area contributed by atoms with Crippen molar-refractivity contribution >= 4 is 16.9 Å². The summed E-state index contributed by atoms with van der Waals surface area (Å²) in [5.74, 6) is 0. The van der Waals surface area contributed by atoms with Crippen LogP contribution >= 0.6 is 0 Å². The van der Waals surface area contributed by atoms with Gasteiger partial charge in [0.1, 0.15) is 0 Å². The van der Waals surface area contributed by atoms with Crippen molar-refractivity contribution in [3.8, 4) is 44.5 Å². The normalized spacial score (nSPS) is 15.3. The van der Waals surface area contributed by atoms with Crippen molar-refractivity contribution in [2.24, 2.45) is 0 Å². The number of hydrogen-bond donors (Lipinski definition) is 0. The van der Waals surface area contributed by atoms with Gasteiger partial charge in [-0.3, -0.25) is 0 Å². The Morgan fingerprint density at radius 3 is 1.29 bits per heavy atom. The standard InChI is InChI=1S/C74H53N/c1-6-25-52(26-7-1)56-49-57(53-27-8-2-9-28-53)51-61(50-56)75(71-44-23-17-35-62(71)54-29-10-3-11-30-54)60-47-45-55(46-48-60)63-37-24-43-70-72(63)64-36-16-18-38-65(64)74(70)68-41-21-19-39-66(68)73(58-31-12-4-13-32-58,59-33-14-5-15-34-59)67-40-20-22-42-69(67)74/h1-43,45-51,71H,44H2. The Hall–Kier alpha value is -9.30. The lowest BCUT2D eigenvalue weighted by Crippen LogP contribution is -2.44. The van der Waals surface area contributed by atoms with Crippen LogP contribution in [0, 0.1) is 0 Å². The highest BCUT2D eigenvalue weighted by atomic mass is 15.2. The molecule has 0 bridgehead atoms. The molecule has 11 aromatic rings. The van der Waals surface area contributed by atoms with Gasteiger partial charge < -0.3 is 4.90 Å². The number of benzene rings is 11. The van der Waals surface area contributed by atoms with Gasteiger partial charge in [0.15, 0.2) is 0 Å². The van der Waals surface area contributed by atoms with Crippen LogP contribution in [0.2, 0.25) is 0 Å². The van der Waals surface area contributed by atoms with E-state index in [0.717, 1.165) is 17.8 Å². The molecule has 0 amide bonds. The van der Waals surface area contributed by atoms with Crippen LogP contribution < -0.4 is 4.90 Å². The van der Waals surface area contributed by atoms with E-state index < -0.39 is 10.8 Å². The summed E-state index contributed by atoms with van der Waals surface area (Å²) in [4.78, 5) is 2.59. The lowest BCUT2D eigenvalue weighted by atomic mass is 9.51. The lowest BCUT2D eigenvalue weighted by molar-refractivity contribution is 0.623. The van der Waals surface area contributed by atoms with Gasteiger partial charge in [0, 0.05) is 11.4 Å². The molecule has 3 aliphatic rings. The average molecular weight is 956 g/mol. The SMILES string of the molecule is C1=CCC(N(c2ccc(-c3cccc4c3-c3ccccc3C43c4ccccc4C(c4ccccc4)(c4ccccc4)c4ccccc43)cc2)c2cc(-c3ccccc3)cc(-c3ccccc3)c2)C(c2ccccc2)=C1. The summed E-state index contributed by atoms with van der Waals surface area (Å²) in [6.07, 6.45) is 7.73. The fraction of sp³-hybridized carbons (Fsp3) is 0.0541. The zero-order valence-electron chi connectivity index (χ0n) is 41.6. The number of hydrogen-bond acceptors (Lipinski definition) is 1. The van der Waals surface area contributed by atoms with Crippen LogP contribution in [0.25, 0.3) is 50.1 Å². The number of rotatable bonds is 9. The third-order valence-electron chi connectivity index (χ3n) is 16.4. The van der Waals surface area contributed by atoms with Crippen molar-refractivity contribution < 1.29 is 0 Å². The van der Waals surface area contributed by atoms with Gasteiger partial charge in [-0.25, -0.2) is 0 Å². The van der Waals surface area contributed by atoms with Crippen molar-refractivity contribution in [1.82, 2.24) is 0 Å². The summed E-state index contributed by atoms with van der Waals surface area (Å²) >= 11 is 0. The van der Waals surface area contributed by atoms with Gasteiger partial charge >= 0.3 is 0 Å². The molecule has 1 heteroatoms. The molecule has 0 N–H and O–H groups in total. The molecule has 0 saturated heterocycles. The summed E-state index contributed by atoms with van der Waals surface area (Å²) in [5, 5.41) is 0. The zero-order valence-corrected chi connectivity index (χ0v) is 41.6. The van der Waals surface area contributed by atoms with Crippen LogP contribution in [0.5, 0.6) is 0 Å². The van der Waals surface area contributed by atoms with Crippen molar-refractivity contribution in [2.75, 3.05) is 4.90 Å². The minimum absolute atomic E-state index is 0.0379. The number of anilines is 2. The summed E-state index contributed by atoms with van der Waals surface area (Å²) in [6.45, 7) is 0. The van der Waals surface area contributed by atoms with Gasteiger partial charge in [-0.1, -0.05) is 273 Å². The van der Waals surface area contributed by atoms with Gasteiger partial charge in [-0.15, -0.1) is 0 Å². The first kappa shape index (κ1) is 44.4. The van der Waals surface area contributed by atoms with Crippen molar-refractivity contribution in [3.63, 3.8) is 0 Å². The molecule has 0 heterocycles. The Labute approximate surface area is 440 Å². The van der Waals surface area contributed by atoms with E-state index in [1.54, 1.807) is 0 Å². The highest BCUT2D eigenvalue weighted by Crippen LogP contribution is 2.65. The molecular weight excluding hydrogens is 903 g/mol. The molecule has 0 saturated carbocycles. The number of nitrogens with zero attached hydrogens (tertiary/aromatic N) is 1. The quantitative estimate of drug-likeness (QED) is 0.139. The maximum absolute atomic E-state index is 2.59. The van der Waals surface area contributed by atoms with Crippen LogP contribution in [-0.4, -0.2) is 6.04 Å². The molecule has 0 fully saturated rings. The molecule has 0 aromatic heterocycles. The predicted molar refractivity (Wildman–Crippen MR) is 312 cm³/mol. The summed E-state index contributed by atoms with van der Waals surface area (Å²) in [7, 11) is 0. The molecule has 1 atom stereocenters. The van der Waals surface area contributed by atoms with Crippen LogP contribution in [0.3, 0.4) is 0 Å². The topological polar surface area (TPSA) is 3.24 Å². The molecule has 354 valence electrons. The number of fused-ring (bicyclic) bond motifs is 9. The summed E-state index contributed by atoms with van der Waals surface area (Å²) < 4.78 is 0. The average Bonchev–Trinajstić information content (AvgIpc) is 3.95.